The van der Waals surface area contributed by atoms with Crippen molar-refractivity contribution < 1.29 is 19.6 Å². The molecule has 2 aromatic rings. The van der Waals surface area contributed by atoms with Gasteiger partial charge in [0, 0.05) is 25.2 Å². The number of aromatic amines is 1. The molecule has 0 radical (unpaired) electrons. The quantitative estimate of drug-likeness (QED) is 0.464. The number of carbonyl (C=O) groups is 2. The van der Waals surface area contributed by atoms with Gasteiger partial charge < -0.3 is 25.5 Å². The van der Waals surface area contributed by atoms with Gasteiger partial charge in [0.1, 0.15) is 12.2 Å². The van der Waals surface area contributed by atoms with Gasteiger partial charge in [-0.25, -0.2) is 19.3 Å². The van der Waals surface area contributed by atoms with E-state index in [4.69, 9.17) is 5.11 Å². The fourth-order valence-corrected chi connectivity index (χ4v) is 2.00. The first-order valence-corrected chi connectivity index (χ1v) is 6.54. The summed E-state index contributed by atoms with van der Waals surface area (Å²) >= 11 is 0. The zero-order chi connectivity index (χ0) is 17.0. The molecule has 0 aliphatic carbocycles. The lowest BCUT2D eigenvalue weighted by atomic mass is 10.1. The molecule has 0 unspecified atom stereocenters. The van der Waals surface area contributed by atoms with Gasteiger partial charge in [0.15, 0.2) is 12.4 Å². The zero-order valence-corrected chi connectivity index (χ0v) is 12.1. The molecule has 0 bridgehead atoms. The molecule has 2 aromatic heterocycles. The third kappa shape index (κ3) is 3.90. The Hall–Kier alpha value is -3.24. The van der Waals surface area contributed by atoms with Crippen molar-refractivity contribution in [1.29, 1.82) is 0 Å². The molecule has 2 rings (SSSR count). The Morgan fingerprint density at radius 1 is 1.52 bits per heavy atom. The van der Waals surface area contributed by atoms with Gasteiger partial charge in [0.25, 0.3) is 5.91 Å². The van der Waals surface area contributed by atoms with Gasteiger partial charge in [0.2, 0.25) is 0 Å². The molecule has 1 amide bonds. The standard InChI is InChI=1S/C12H14N6O5/c1-7-14-4-11(18(22)23)17(7)5-10(19)16-9(12(20)21)2-8-3-13-6-15-8/h3-4,6,9H,2,5H2,1H3,(H,13,15)(H,16,19)(H,20,21)/t9-/m0/s1. The molecule has 0 aromatic carbocycles. The molecule has 1 atom stereocenters. The van der Waals surface area contributed by atoms with Gasteiger partial charge in [-0.05, 0) is 4.92 Å². The summed E-state index contributed by atoms with van der Waals surface area (Å²) in [5.74, 6) is -1.93. The number of nitrogens with one attached hydrogen (secondary N) is 2. The Bertz CT molecular complexity index is 722. The summed E-state index contributed by atoms with van der Waals surface area (Å²) in [7, 11) is 0. The maximum absolute atomic E-state index is 12.0. The third-order valence-electron chi connectivity index (χ3n) is 3.14. The number of rotatable bonds is 7. The van der Waals surface area contributed by atoms with Crippen LogP contribution < -0.4 is 5.32 Å². The van der Waals surface area contributed by atoms with Crippen molar-refractivity contribution in [1.82, 2.24) is 24.8 Å². The zero-order valence-electron chi connectivity index (χ0n) is 12.1. The summed E-state index contributed by atoms with van der Waals surface area (Å²) in [6, 6.07) is -1.18. The number of hydrogen-bond acceptors (Lipinski definition) is 6. The van der Waals surface area contributed by atoms with Gasteiger partial charge in [-0.3, -0.25) is 4.79 Å². The van der Waals surface area contributed by atoms with E-state index < -0.39 is 29.4 Å². The van der Waals surface area contributed by atoms with E-state index in [1.54, 1.807) is 0 Å². The summed E-state index contributed by atoms with van der Waals surface area (Å²) in [5, 5.41) is 22.4. The van der Waals surface area contributed by atoms with Crippen LogP contribution in [0.4, 0.5) is 5.82 Å². The van der Waals surface area contributed by atoms with Crippen LogP contribution in [0.1, 0.15) is 11.5 Å². The van der Waals surface area contributed by atoms with Crippen molar-refractivity contribution in [2.45, 2.75) is 25.9 Å². The fourth-order valence-electron chi connectivity index (χ4n) is 2.00. The summed E-state index contributed by atoms with van der Waals surface area (Å²) in [5.41, 5.74) is 0.544. The predicted molar refractivity (Wildman–Crippen MR) is 75.5 cm³/mol. The Labute approximate surface area is 129 Å². The number of hydrogen-bond donors (Lipinski definition) is 3. The number of nitrogens with zero attached hydrogens (tertiary/aromatic N) is 4. The maximum Gasteiger partial charge on any atom is 0.343 e. The first-order valence-electron chi connectivity index (χ1n) is 6.54. The van der Waals surface area contributed by atoms with Gasteiger partial charge in [-0.1, -0.05) is 0 Å². The van der Waals surface area contributed by atoms with Crippen LogP contribution in [0, 0.1) is 17.0 Å². The van der Waals surface area contributed by atoms with Gasteiger partial charge >= 0.3 is 11.8 Å². The molecule has 11 heteroatoms. The molecule has 0 fully saturated rings. The normalized spacial score (nSPS) is 11.9. The van der Waals surface area contributed by atoms with Crippen LogP contribution in [0.2, 0.25) is 0 Å². The van der Waals surface area contributed by atoms with Crippen LogP contribution in [0.15, 0.2) is 18.7 Å². The number of aryl methyl sites for hydroxylation is 1. The highest BCUT2D eigenvalue weighted by Crippen LogP contribution is 2.13. The molecule has 0 aliphatic heterocycles. The maximum atomic E-state index is 12.0. The van der Waals surface area contributed by atoms with Gasteiger partial charge in [-0.2, -0.15) is 0 Å². The van der Waals surface area contributed by atoms with Crippen LogP contribution in [-0.4, -0.2) is 47.5 Å². The van der Waals surface area contributed by atoms with Crippen molar-refractivity contribution in [3.8, 4) is 0 Å². The Morgan fingerprint density at radius 3 is 2.83 bits per heavy atom. The summed E-state index contributed by atoms with van der Waals surface area (Å²) in [6.45, 7) is 1.12. The molecule has 23 heavy (non-hydrogen) atoms. The molecule has 11 nitrogen and oxygen atoms in total. The number of carboxylic acids is 1. The van der Waals surface area contributed by atoms with Crippen LogP contribution in [-0.2, 0) is 22.6 Å². The molecule has 3 N–H and O–H groups in total. The Morgan fingerprint density at radius 2 is 2.26 bits per heavy atom. The number of aromatic nitrogens is 4. The predicted octanol–water partition coefficient (Wildman–Crippen LogP) is -0.365. The highest BCUT2D eigenvalue weighted by molar-refractivity contribution is 5.83. The molecule has 0 saturated carbocycles. The van der Waals surface area contributed by atoms with Crippen molar-refractivity contribution in [3.63, 3.8) is 0 Å². The summed E-state index contributed by atoms with van der Waals surface area (Å²) < 4.78 is 1.10. The number of carboxylic acid groups (broad SMARTS) is 1. The van der Waals surface area contributed by atoms with Crippen LogP contribution in [0.3, 0.4) is 0 Å². The largest absolute Gasteiger partial charge is 0.480 e. The first-order chi connectivity index (χ1) is 10.9. The lowest BCUT2D eigenvalue weighted by molar-refractivity contribution is -0.392. The highest BCUT2D eigenvalue weighted by Gasteiger charge is 2.25. The second kappa shape index (κ2) is 6.68. The number of imidazole rings is 2. The van der Waals surface area contributed by atoms with E-state index in [2.05, 4.69) is 20.3 Å². The Balaban J connectivity index is 2.06. The third-order valence-corrected chi connectivity index (χ3v) is 3.14. The number of H-pyrrole nitrogens is 1. The lowest BCUT2D eigenvalue weighted by Gasteiger charge is -2.13. The minimum Gasteiger partial charge on any atom is -0.480 e. The smallest absolute Gasteiger partial charge is 0.343 e. The Kier molecular flexibility index (Phi) is 4.69. The van der Waals surface area contributed by atoms with E-state index in [0.29, 0.717) is 5.69 Å². The highest BCUT2D eigenvalue weighted by atomic mass is 16.6. The van der Waals surface area contributed by atoms with Crippen LogP contribution in [0.5, 0.6) is 0 Å². The van der Waals surface area contributed by atoms with Crippen LogP contribution >= 0.6 is 0 Å². The minimum absolute atomic E-state index is 0.0199. The molecule has 0 saturated heterocycles. The van der Waals surface area contributed by atoms with E-state index in [-0.39, 0.29) is 18.1 Å². The molecular formula is C12H14N6O5. The molecule has 0 spiro atoms. The second-order valence-electron chi connectivity index (χ2n) is 4.75. The van der Waals surface area contributed by atoms with Crippen molar-refractivity contribution in [3.05, 3.63) is 40.4 Å². The van der Waals surface area contributed by atoms with Crippen molar-refractivity contribution in [2.75, 3.05) is 0 Å². The molecule has 2 heterocycles. The number of nitro groups is 1. The minimum atomic E-state index is -1.22. The summed E-state index contributed by atoms with van der Waals surface area (Å²) in [6.07, 6.45) is 3.91. The van der Waals surface area contributed by atoms with Gasteiger partial charge in [-0.15, -0.1) is 0 Å². The SMILES string of the molecule is Cc1ncc([N+](=O)[O-])n1CC(=O)N[C@@H](Cc1cnc[nH]1)C(=O)O. The van der Waals surface area contributed by atoms with E-state index in [9.17, 15) is 19.7 Å². The number of aliphatic carboxylic acids is 1. The van der Waals surface area contributed by atoms with Crippen molar-refractivity contribution in [2.24, 2.45) is 0 Å². The monoisotopic (exact) mass is 322 g/mol. The molecule has 0 aliphatic rings. The average molecular weight is 322 g/mol. The molecule has 122 valence electrons. The van der Waals surface area contributed by atoms with Crippen LogP contribution in [0.25, 0.3) is 0 Å². The fraction of sp³-hybridized carbons (Fsp3) is 0.333. The number of carbonyl (C=O) groups excluding carboxylic acids is 1. The number of amides is 1. The van der Waals surface area contributed by atoms with Crippen molar-refractivity contribution >= 4 is 17.7 Å². The van der Waals surface area contributed by atoms with Gasteiger partial charge in [0.05, 0.1) is 6.33 Å². The topological polar surface area (TPSA) is 156 Å². The summed E-state index contributed by atoms with van der Waals surface area (Å²) in [4.78, 5) is 43.7. The lowest BCUT2D eigenvalue weighted by Crippen LogP contribution is -2.43. The molecular weight excluding hydrogens is 308 g/mol. The van der Waals surface area contributed by atoms with E-state index >= 15 is 0 Å². The average Bonchev–Trinajstić information content (AvgIpc) is 3.09. The second-order valence-corrected chi connectivity index (χ2v) is 4.75. The first kappa shape index (κ1) is 16.1. The van der Waals surface area contributed by atoms with E-state index in [0.717, 1.165) is 10.8 Å². The van der Waals surface area contributed by atoms with E-state index in [1.807, 2.05) is 0 Å². The van der Waals surface area contributed by atoms with E-state index in [1.165, 1.54) is 19.4 Å².